The number of benzene rings is 2. The summed E-state index contributed by atoms with van der Waals surface area (Å²) in [5, 5.41) is 0. The fourth-order valence-corrected chi connectivity index (χ4v) is 4.89. The third-order valence-electron chi connectivity index (χ3n) is 6.43. The van der Waals surface area contributed by atoms with E-state index in [9.17, 15) is 0 Å². The van der Waals surface area contributed by atoms with Crippen molar-refractivity contribution >= 4 is 0 Å². The molecule has 0 bridgehead atoms. The molecule has 2 aliphatic carbocycles. The van der Waals surface area contributed by atoms with Crippen molar-refractivity contribution in [2.75, 3.05) is 0 Å². The third kappa shape index (κ3) is 5.48. The van der Waals surface area contributed by atoms with Gasteiger partial charge in [0.1, 0.15) is 0 Å². The number of halogens is 2. The largest absolute Gasteiger partial charge is 2.00 e. The molecule has 0 aliphatic heterocycles. The van der Waals surface area contributed by atoms with Crippen LogP contribution in [0.25, 0.3) is 11.1 Å². The van der Waals surface area contributed by atoms with Crippen LogP contribution >= 0.6 is 0 Å². The summed E-state index contributed by atoms with van der Waals surface area (Å²) >= 11 is 0. The molecule has 31 heavy (non-hydrogen) atoms. The number of fused-ring (bicyclic) bond motifs is 3. The molecule has 0 nitrogen and oxygen atoms in total. The maximum atomic E-state index is 2.48. The topological polar surface area (TPSA) is 0 Å². The molecule has 0 heterocycles. The van der Waals surface area contributed by atoms with Crippen molar-refractivity contribution in [1.29, 1.82) is 0 Å². The quantitative estimate of drug-likeness (QED) is 0.469. The molecule has 164 valence electrons. The van der Waals surface area contributed by atoms with Gasteiger partial charge in [-0.1, -0.05) is 90.1 Å². The summed E-state index contributed by atoms with van der Waals surface area (Å²) < 4.78 is 0. The van der Waals surface area contributed by atoms with Crippen molar-refractivity contribution in [3.05, 3.63) is 82.0 Å². The van der Waals surface area contributed by atoms with Gasteiger partial charge in [0.05, 0.1) is 0 Å². The summed E-state index contributed by atoms with van der Waals surface area (Å²) in [4.78, 5) is 0. The van der Waals surface area contributed by atoms with Gasteiger partial charge in [0, 0.05) is 0 Å². The maximum Gasteiger partial charge on any atom is 2.00 e. The smallest absolute Gasteiger partial charge is 1.00 e. The van der Waals surface area contributed by atoms with Crippen molar-refractivity contribution < 1.29 is 51.0 Å². The van der Waals surface area contributed by atoms with Gasteiger partial charge < -0.3 is 24.8 Å². The Morgan fingerprint density at radius 2 is 1.48 bits per heavy atom. The minimum absolute atomic E-state index is 0. The second-order valence-electron chi connectivity index (χ2n) is 10.8. The van der Waals surface area contributed by atoms with Crippen molar-refractivity contribution in [2.45, 2.75) is 72.1 Å². The molecule has 0 fully saturated rings. The van der Waals surface area contributed by atoms with Crippen LogP contribution in [0, 0.1) is 12.8 Å². The van der Waals surface area contributed by atoms with E-state index in [1.54, 1.807) is 11.1 Å². The molecule has 0 unspecified atom stereocenters. The zero-order chi connectivity index (χ0) is 20.3. The van der Waals surface area contributed by atoms with E-state index in [-0.39, 0.29) is 61.8 Å². The molecule has 0 saturated carbocycles. The van der Waals surface area contributed by atoms with Crippen LogP contribution in [0.4, 0.5) is 0 Å². The number of rotatable bonds is 2. The summed E-state index contributed by atoms with van der Waals surface area (Å²) in [6.07, 6.45) is 11.3. The Kier molecular flexibility index (Phi) is 9.27. The first-order valence-corrected chi connectivity index (χ1v) is 10.7. The average molecular weight is 533 g/mol. The molecule has 4 rings (SSSR count). The van der Waals surface area contributed by atoms with Crippen molar-refractivity contribution in [1.82, 2.24) is 0 Å². The predicted molar refractivity (Wildman–Crippen MR) is 122 cm³/mol. The van der Waals surface area contributed by atoms with E-state index in [4.69, 9.17) is 0 Å². The van der Waals surface area contributed by atoms with Crippen LogP contribution in [-0.2, 0) is 49.9 Å². The van der Waals surface area contributed by atoms with Crippen LogP contribution in [0.3, 0.4) is 0 Å². The van der Waals surface area contributed by atoms with E-state index in [1.165, 1.54) is 33.4 Å². The van der Waals surface area contributed by atoms with Gasteiger partial charge in [0.2, 0.25) is 0 Å². The molecule has 0 saturated heterocycles. The first kappa shape index (κ1) is 28.4. The second kappa shape index (κ2) is 10.1. The van der Waals surface area contributed by atoms with Gasteiger partial charge in [-0.2, -0.15) is 0 Å². The van der Waals surface area contributed by atoms with Crippen LogP contribution in [0.2, 0.25) is 0 Å². The zero-order valence-electron chi connectivity index (χ0n) is 19.9. The molecular weight excluding hydrogens is 498 g/mol. The van der Waals surface area contributed by atoms with E-state index < -0.39 is 0 Å². The zero-order valence-corrected chi connectivity index (χ0v) is 23.8. The van der Waals surface area contributed by atoms with E-state index in [1.807, 2.05) is 0 Å². The van der Waals surface area contributed by atoms with Crippen LogP contribution in [-0.4, -0.2) is 0 Å². The van der Waals surface area contributed by atoms with E-state index in [2.05, 4.69) is 97.0 Å². The Hall–Kier alpha value is -0.617. The van der Waals surface area contributed by atoms with Crippen LogP contribution < -0.4 is 24.8 Å². The van der Waals surface area contributed by atoms with Gasteiger partial charge in [0.25, 0.3) is 0 Å². The Balaban J connectivity index is 0.00000160. The van der Waals surface area contributed by atoms with Crippen LogP contribution in [0.1, 0.15) is 74.9 Å². The first-order valence-electron chi connectivity index (χ1n) is 10.7. The molecule has 0 atom stereocenters. The molecule has 0 radical (unpaired) electrons. The van der Waals surface area contributed by atoms with Crippen LogP contribution in [0.15, 0.2) is 48.6 Å². The average Bonchev–Trinajstić information content (AvgIpc) is 3.22. The van der Waals surface area contributed by atoms with Gasteiger partial charge in [0.15, 0.2) is 0 Å². The van der Waals surface area contributed by atoms with Gasteiger partial charge in [-0.05, 0) is 81.0 Å². The monoisotopic (exact) mass is 530 g/mol. The molecule has 2 aromatic rings. The van der Waals surface area contributed by atoms with Crippen molar-refractivity contribution in [3.63, 3.8) is 0 Å². The number of aryl methyl sites for hydroxylation is 1. The molecule has 0 aromatic heterocycles. The Morgan fingerprint density at radius 1 is 0.871 bits per heavy atom. The summed E-state index contributed by atoms with van der Waals surface area (Å²) in [5.74, 6) is 0.529. The normalized spacial score (nSPS) is 14.4. The molecule has 0 N–H and O–H groups in total. The SMILES string of the molecule is Cc1cc(C(C)(C)C)c(CC2C=CC=C2)c2c1-c1ccc(C(C)(C)C)cc1C2.[Cl-].[Cl-].[Zr+2]. The number of hydrogen-bond acceptors (Lipinski definition) is 0. The van der Waals surface area contributed by atoms with Crippen LogP contribution in [0.5, 0.6) is 0 Å². The summed E-state index contributed by atoms with van der Waals surface area (Å²) in [5.41, 5.74) is 12.4. The van der Waals surface area contributed by atoms with E-state index in [0.717, 1.165) is 12.8 Å². The van der Waals surface area contributed by atoms with E-state index in [0.29, 0.717) is 5.92 Å². The summed E-state index contributed by atoms with van der Waals surface area (Å²) in [6, 6.07) is 9.66. The van der Waals surface area contributed by atoms with Gasteiger partial charge in [-0.15, -0.1) is 0 Å². The van der Waals surface area contributed by atoms with Gasteiger partial charge in [-0.25, -0.2) is 0 Å². The predicted octanol–water partition coefficient (Wildman–Crippen LogP) is 1.45. The molecule has 0 amide bonds. The Bertz CT molecular complexity index is 989. The van der Waals surface area contributed by atoms with Gasteiger partial charge in [-0.3, -0.25) is 0 Å². The van der Waals surface area contributed by atoms with Crippen molar-refractivity contribution in [2.24, 2.45) is 5.92 Å². The number of hydrogen-bond donors (Lipinski definition) is 0. The van der Waals surface area contributed by atoms with Crippen molar-refractivity contribution in [3.8, 4) is 11.1 Å². The van der Waals surface area contributed by atoms with E-state index >= 15 is 0 Å². The fraction of sp³-hybridized carbons (Fsp3) is 0.429. The second-order valence-corrected chi connectivity index (χ2v) is 10.8. The minimum Gasteiger partial charge on any atom is -1.00 e. The Labute approximate surface area is 220 Å². The first-order chi connectivity index (χ1) is 13.1. The molecular formula is C28H34Cl2Zr. The number of allylic oxidation sites excluding steroid dienone is 4. The maximum absolute atomic E-state index is 2.48. The summed E-state index contributed by atoms with van der Waals surface area (Å²) in [7, 11) is 0. The summed E-state index contributed by atoms with van der Waals surface area (Å²) in [6.45, 7) is 16.3. The minimum atomic E-state index is 0. The standard InChI is InChI=1S/C28H34.2ClH.Zr/c1-18-14-25(28(5,6)7)23(15-19-10-8-9-11-19)24-17-20-16-21(27(2,3)4)12-13-22(20)26(18)24;;;/h8-14,16,19H,15,17H2,1-7H3;2*1H;/q;;;+2/p-2. The third-order valence-corrected chi connectivity index (χ3v) is 6.43. The molecule has 2 aromatic carbocycles. The molecule has 3 heteroatoms. The molecule has 0 spiro atoms. The van der Waals surface area contributed by atoms with Gasteiger partial charge >= 0.3 is 26.2 Å². The molecule has 2 aliphatic rings. The Morgan fingerprint density at radius 3 is 2.03 bits per heavy atom. The fourth-order valence-electron chi connectivity index (χ4n) is 4.89.